The molecule has 1 saturated heterocycles. The first kappa shape index (κ1) is 17.1. The van der Waals surface area contributed by atoms with Crippen LogP contribution in [0.25, 0.3) is 0 Å². The lowest BCUT2D eigenvalue weighted by Crippen LogP contribution is -2.53. The standard InChI is InChI=1S/C16H21NO6/c1-21-12-5-3-4-11(14(12)22-2)15(20)17-16(10-13(18)19)6-8-23-9-7-16/h3-5H,6-10H2,1-2H3,(H,17,20)(H,18,19). The molecule has 1 aliphatic rings. The van der Waals surface area contributed by atoms with Crippen LogP contribution in [0.15, 0.2) is 18.2 Å². The smallest absolute Gasteiger partial charge is 0.305 e. The van der Waals surface area contributed by atoms with Crippen LogP contribution in [-0.4, -0.2) is 50.0 Å². The quantitative estimate of drug-likeness (QED) is 0.823. The molecule has 23 heavy (non-hydrogen) atoms. The minimum Gasteiger partial charge on any atom is -0.493 e. The molecule has 126 valence electrons. The average Bonchev–Trinajstić information content (AvgIpc) is 2.53. The normalized spacial score (nSPS) is 16.4. The van der Waals surface area contributed by atoms with Crippen molar-refractivity contribution >= 4 is 11.9 Å². The largest absolute Gasteiger partial charge is 0.493 e. The van der Waals surface area contributed by atoms with Crippen molar-refractivity contribution in [3.8, 4) is 11.5 Å². The zero-order valence-corrected chi connectivity index (χ0v) is 13.3. The summed E-state index contributed by atoms with van der Waals surface area (Å²) in [6, 6.07) is 4.99. The average molecular weight is 323 g/mol. The maximum atomic E-state index is 12.7. The molecular formula is C16H21NO6. The van der Waals surface area contributed by atoms with Gasteiger partial charge in [-0.1, -0.05) is 6.07 Å². The number of hydrogen-bond donors (Lipinski definition) is 2. The Morgan fingerprint density at radius 1 is 1.26 bits per heavy atom. The fraction of sp³-hybridized carbons (Fsp3) is 0.500. The summed E-state index contributed by atoms with van der Waals surface area (Å²) in [7, 11) is 2.94. The molecule has 7 nitrogen and oxygen atoms in total. The third-order valence-corrected chi connectivity index (χ3v) is 3.97. The van der Waals surface area contributed by atoms with Crippen LogP contribution >= 0.6 is 0 Å². The summed E-state index contributed by atoms with van der Waals surface area (Å²) in [5.74, 6) is -0.571. The molecule has 0 saturated carbocycles. The molecule has 0 unspecified atom stereocenters. The van der Waals surface area contributed by atoms with E-state index in [2.05, 4.69) is 5.32 Å². The van der Waals surface area contributed by atoms with Crippen molar-refractivity contribution in [1.29, 1.82) is 0 Å². The Balaban J connectivity index is 2.27. The summed E-state index contributed by atoms with van der Waals surface area (Å²) >= 11 is 0. The second-order valence-electron chi connectivity index (χ2n) is 5.46. The van der Waals surface area contributed by atoms with Gasteiger partial charge in [-0.15, -0.1) is 0 Å². The maximum absolute atomic E-state index is 12.7. The van der Waals surface area contributed by atoms with Crippen LogP contribution in [0, 0.1) is 0 Å². The first-order valence-corrected chi connectivity index (χ1v) is 7.34. The first-order chi connectivity index (χ1) is 11.0. The summed E-state index contributed by atoms with van der Waals surface area (Å²) in [6.45, 7) is 0.839. The van der Waals surface area contributed by atoms with Crippen LogP contribution in [-0.2, 0) is 9.53 Å². The van der Waals surface area contributed by atoms with Crippen LogP contribution < -0.4 is 14.8 Å². The van der Waals surface area contributed by atoms with Crippen molar-refractivity contribution in [2.24, 2.45) is 0 Å². The van der Waals surface area contributed by atoms with Gasteiger partial charge in [-0.05, 0) is 25.0 Å². The van der Waals surface area contributed by atoms with Gasteiger partial charge in [-0.25, -0.2) is 0 Å². The number of para-hydroxylation sites is 1. The number of hydrogen-bond acceptors (Lipinski definition) is 5. The highest BCUT2D eigenvalue weighted by atomic mass is 16.5. The number of benzene rings is 1. The predicted molar refractivity (Wildman–Crippen MR) is 82.0 cm³/mol. The Morgan fingerprint density at radius 3 is 2.52 bits per heavy atom. The molecular weight excluding hydrogens is 302 g/mol. The number of rotatable bonds is 6. The van der Waals surface area contributed by atoms with Gasteiger partial charge in [0.15, 0.2) is 11.5 Å². The number of amides is 1. The summed E-state index contributed by atoms with van der Waals surface area (Å²) in [4.78, 5) is 23.8. The second kappa shape index (κ2) is 7.32. The zero-order valence-electron chi connectivity index (χ0n) is 13.3. The molecule has 0 aliphatic carbocycles. The Bertz CT molecular complexity index is 580. The second-order valence-corrected chi connectivity index (χ2v) is 5.46. The third kappa shape index (κ3) is 3.92. The zero-order chi connectivity index (χ0) is 16.9. The SMILES string of the molecule is COc1cccc(C(=O)NC2(CC(=O)O)CCOCC2)c1OC. The number of carboxylic acid groups (broad SMARTS) is 1. The number of carboxylic acids is 1. The molecule has 7 heteroatoms. The molecule has 0 aromatic heterocycles. The number of carbonyl (C=O) groups is 2. The van der Waals surface area contributed by atoms with E-state index < -0.39 is 11.5 Å². The van der Waals surface area contributed by atoms with Crippen LogP contribution in [0.1, 0.15) is 29.6 Å². The van der Waals surface area contributed by atoms with Crippen molar-refractivity contribution in [3.63, 3.8) is 0 Å². The van der Waals surface area contributed by atoms with Crippen molar-refractivity contribution < 1.29 is 28.9 Å². The lowest BCUT2D eigenvalue weighted by Gasteiger charge is -2.37. The van der Waals surface area contributed by atoms with E-state index in [0.29, 0.717) is 43.1 Å². The molecule has 1 fully saturated rings. The number of carbonyl (C=O) groups excluding carboxylic acids is 1. The van der Waals surface area contributed by atoms with Gasteiger partial charge >= 0.3 is 5.97 Å². The molecule has 2 N–H and O–H groups in total. The van der Waals surface area contributed by atoms with Crippen molar-refractivity contribution in [2.45, 2.75) is 24.8 Å². The summed E-state index contributed by atoms with van der Waals surface area (Å²) in [5, 5.41) is 12.0. The minimum atomic E-state index is -0.954. The van der Waals surface area contributed by atoms with Crippen molar-refractivity contribution in [2.75, 3.05) is 27.4 Å². The molecule has 1 aromatic carbocycles. The van der Waals surface area contributed by atoms with Gasteiger partial charge in [0.1, 0.15) is 0 Å². The fourth-order valence-electron chi connectivity index (χ4n) is 2.77. The summed E-state index contributed by atoms with van der Waals surface area (Å²) in [6.07, 6.45) is 0.767. The molecule has 1 aliphatic heterocycles. The van der Waals surface area contributed by atoms with E-state index in [4.69, 9.17) is 19.3 Å². The van der Waals surface area contributed by atoms with E-state index in [-0.39, 0.29) is 12.3 Å². The van der Waals surface area contributed by atoms with E-state index in [0.717, 1.165) is 0 Å². The molecule has 0 spiro atoms. The lowest BCUT2D eigenvalue weighted by molar-refractivity contribution is -0.139. The Morgan fingerprint density at radius 2 is 1.96 bits per heavy atom. The number of methoxy groups -OCH3 is 2. The van der Waals surface area contributed by atoms with E-state index in [9.17, 15) is 9.59 Å². The minimum absolute atomic E-state index is 0.144. The maximum Gasteiger partial charge on any atom is 0.305 e. The van der Waals surface area contributed by atoms with E-state index in [1.807, 2.05) is 0 Å². The fourth-order valence-corrected chi connectivity index (χ4v) is 2.77. The van der Waals surface area contributed by atoms with Crippen LogP contribution in [0.5, 0.6) is 11.5 Å². The number of aliphatic carboxylic acids is 1. The third-order valence-electron chi connectivity index (χ3n) is 3.97. The monoisotopic (exact) mass is 323 g/mol. The van der Waals surface area contributed by atoms with Crippen LogP contribution in [0.4, 0.5) is 0 Å². The van der Waals surface area contributed by atoms with Crippen LogP contribution in [0.3, 0.4) is 0 Å². The van der Waals surface area contributed by atoms with Gasteiger partial charge in [0.25, 0.3) is 5.91 Å². The molecule has 0 bridgehead atoms. The predicted octanol–water partition coefficient (Wildman–Crippen LogP) is 1.46. The topological polar surface area (TPSA) is 94.1 Å². The Labute approximate surface area is 134 Å². The van der Waals surface area contributed by atoms with Gasteiger partial charge in [-0.2, -0.15) is 0 Å². The molecule has 0 atom stereocenters. The highest BCUT2D eigenvalue weighted by Crippen LogP contribution is 2.32. The van der Waals surface area contributed by atoms with E-state index in [1.54, 1.807) is 18.2 Å². The van der Waals surface area contributed by atoms with Crippen molar-refractivity contribution in [3.05, 3.63) is 23.8 Å². The molecule has 1 heterocycles. The first-order valence-electron chi connectivity index (χ1n) is 7.34. The van der Waals surface area contributed by atoms with Crippen LogP contribution in [0.2, 0.25) is 0 Å². The molecule has 1 amide bonds. The van der Waals surface area contributed by atoms with Gasteiger partial charge in [0, 0.05) is 13.2 Å². The number of ether oxygens (including phenoxy) is 3. The Hall–Kier alpha value is -2.28. The van der Waals surface area contributed by atoms with E-state index in [1.165, 1.54) is 14.2 Å². The van der Waals surface area contributed by atoms with Crippen molar-refractivity contribution in [1.82, 2.24) is 5.32 Å². The Kier molecular flexibility index (Phi) is 5.44. The van der Waals surface area contributed by atoms with Gasteiger partial charge in [0.2, 0.25) is 0 Å². The number of nitrogens with one attached hydrogen (secondary N) is 1. The van der Waals surface area contributed by atoms with Gasteiger partial charge in [-0.3, -0.25) is 9.59 Å². The highest BCUT2D eigenvalue weighted by molar-refractivity contribution is 5.98. The lowest BCUT2D eigenvalue weighted by atomic mass is 9.86. The summed E-state index contributed by atoms with van der Waals surface area (Å²) < 4.78 is 15.7. The highest BCUT2D eigenvalue weighted by Gasteiger charge is 2.37. The molecule has 1 aromatic rings. The van der Waals surface area contributed by atoms with Gasteiger partial charge < -0.3 is 24.6 Å². The van der Waals surface area contributed by atoms with Gasteiger partial charge in [0.05, 0.1) is 31.7 Å². The summed E-state index contributed by atoms with van der Waals surface area (Å²) in [5.41, 5.74) is -0.502. The molecule has 0 radical (unpaired) electrons. The molecule has 2 rings (SSSR count). The van der Waals surface area contributed by atoms with E-state index >= 15 is 0 Å².